The Bertz CT molecular complexity index is 751. The first kappa shape index (κ1) is 13.2. The van der Waals surface area contributed by atoms with E-state index in [-0.39, 0.29) is 11.5 Å². The van der Waals surface area contributed by atoms with Crippen molar-refractivity contribution < 1.29 is 10.2 Å². The lowest BCUT2D eigenvalue weighted by atomic mass is 10.0. The third-order valence-electron chi connectivity index (χ3n) is 3.31. The predicted molar refractivity (Wildman–Crippen MR) is 82.3 cm³/mol. The molecule has 0 saturated heterocycles. The largest absolute Gasteiger partial charge is 0.508 e. The quantitative estimate of drug-likeness (QED) is 0.766. The van der Waals surface area contributed by atoms with Crippen LogP contribution in [0.25, 0.3) is 11.1 Å². The lowest BCUT2D eigenvalue weighted by Crippen LogP contribution is -1.90. The monoisotopic (exact) mass is 277 g/mol. The van der Waals surface area contributed by atoms with Crippen LogP contribution in [0.5, 0.6) is 11.5 Å². The summed E-state index contributed by atoms with van der Waals surface area (Å²) < 4.78 is 0. The van der Waals surface area contributed by atoms with E-state index < -0.39 is 0 Å². The zero-order chi connectivity index (χ0) is 14.7. The van der Waals surface area contributed by atoms with E-state index in [1.54, 1.807) is 30.5 Å². The maximum atomic E-state index is 9.51. The maximum absolute atomic E-state index is 9.51. The molecule has 0 bridgehead atoms. The van der Waals surface area contributed by atoms with E-state index in [4.69, 9.17) is 0 Å². The summed E-state index contributed by atoms with van der Waals surface area (Å²) in [5, 5.41) is 18.9. The van der Waals surface area contributed by atoms with Gasteiger partial charge in [0.1, 0.15) is 11.5 Å². The van der Waals surface area contributed by atoms with E-state index in [1.807, 2.05) is 30.5 Å². The Morgan fingerprint density at radius 2 is 1.52 bits per heavy atom. The Labute approximate surface area is 123 Å². The van der Waals surface area contributed by atoms with Gasteiger partial charge in [0, 0.05) is 18.0 Å². The molecule has 0 spiro atoms. The summed E-state index contributed by atoms with van der Waals surface area (Å²) in [5.41, 5.74) is 4.14. The van der Waals surface area contributed by atoms with Crippen LogP contribution in [0.4, 0.5) is 0 Å². The van der Waals surface area contributed by atoms with Gasteiger partial charge in [-0.2, -0.15) is 0 Å². The number of nitrogens with zero attached hydrogens (tertiary/aromatic N) is 1. The lowest BCUT2D eigenvalue weighted by Gasteiger charge is -2.06. The van der Waals surface area contributed by atoms with Crippen molar-refractivity contribution >= 4 is 0 Å². The number of aromatic nitrogens is 1. The van der Waals surface area contributed by atoms with E-state index in [2.05, 4.69) is 11.1 Å². The zero-order valence-electron chi connectivity index (χ0n) is 11.4. The number of hydrogen-bond acceptors (Lipinski definition) is 3. The van der Waals surface area contributed by atoms with Crippen LogP contribution >= 0.6 is 0 Å². The van der Waals surface area contributed by atoms with E-state index >= 15 is 0 Å². The number of hydrogen-bond donors (Lipinski definition) is 2. The summed E-state index contributed by atoms with van der Waals surface area (Å²) >= 11 is 0. The Kier molecular flexibility index (Phi) is 3.56. The Hall–Kier alpha value is -2.81. The molecule has 0 saturated carbocycles. The van der Waals surface area contributed by atoms with Crippen LogP contribution in [0.15, 0.2) is 67.0 Å². The number of aromatic hydroxyl groups is 2. The molecule has 0 aliphatic carbocycles. The first-order valence-corrected chi connectivity index (χ1v) is 6.72. The maximum Gasteiger partial charge on any atom is 0.115 e. The fraction of sp³-hybridized carbons (Fsp3) is 0.0556. The highest BCUT2D eigenvalue weighted by atomic mass is 16.3. The van der Waals surface area contributed by atoms with Crippen LogP contribution in [0.3, 0.4) is 0 Å². The number of phenolic OH excluding ortho intramolecular Hbond substituents is 2. The molecule has 0 unspecified atom stereocenters. The molecule has 1 heterocycles. The van der Waals surface area contributed by atoms with E-state index in [9.17, 15) is 10.2 Å². The van der Waals surface area contributed by atoms with Gasteiger partial charge >= 0.3 is 0 Å². The van der Waals surface area contributed by atoms with Crippen molar-refractivity contribution in [3.8, 4) is 22.6 Å². The molecule has 2 aromatic carbocycles. The highest BCUT2D eigenvalue weighted by Crippen LogP contribution is 2.23. The Balaban J connectivity index is 1.88. The zero-order valence-corrected chi connectivity index (χ0v) is 11.4. The smallest absolute Gasteiger partial charge is 0.115 e. The molecule has 3 nitrogen and oxygen atoms in total. The topological polar surface area (TPSA) is 53.4 Å². The fourth-order valence-electron chi connectivity index (χ4n) is 2.30. The minimum Gasteiger partial charge on any atom is -0.508 e. The minimum atomic E-state index is 0.252. The molecule has 0 amide bonds. The van der Waals surface area contributed by atoms with Gasteiger partial charge in [0.2, 0.25) is 0 Å². The molecular formula is C18H15NO2. The molecule has 0 atom stereocenters. The van der Waals surface area contributed by atoms with Crippen LogP contribution < -0.4 is 0 Å². The van der Waals surface area contributed by atoms with Gasteiger partial charge in [-0.1, -0.05) is 24.3 Å². The normalized spacial score (nSPS) is 10.5. The fourth-order valence-corrected chi connectivity index (χ4v) is 2.30. The number of benzene rings is 2. The number of phenols is 2. The van der Waals surface area contributed by atoms with Crippen molar-refractivity contribution in [1.29, 1.82) is 0 Å². The molecule has 21 heavy (non-hydrogen) atoms. The molecule has 104 valence electrons. The highest BCUT2D eigenvalue weighted by Gasteiger charge is 2.02. The Morgan fingerprint density at radius 3 is 2.29 bits per heavy atom. The summed E-state index contributed by atoms with van der Waals surface area (Å²) in [6.07, 6.45) is 4.35. The summed E-state index contributed by atoms with van der Waals surface area (Å²) in [6, 6.07) is 16.4. The second-order valence-electron chi connectivity index (χ2n) is 4.98. The van der Waals surface area contributed by atoms with Crippen molar-refractivity contribution in [1.82, 2.24) is 4.98 Å². The van der Waals surface area contributed by atoms with Crippen LogP contribution in [-0.4, -0.2) is 15.2 Å². The molecule has 1 aromatic heterocycles. The third kappa shape index (κ3) is 3.20. The SMILES string of the molecule is Oc1ccc(-c2cncc(Cc3cccc(O)c3)c2)cc1. The van der Waals surface area contributed by atoms with Gasteiger partial charge in [0.05, 0.1) is 0 Å². The van der Waals surface area contributed by atoms with Gasteiger partial charge in [-0.15, -0.1) is 0 Å². The van der Waals surface area contributed by atoms with E-state index in [1.165, 1.54) is 0 Å². The molecular weight excluding hydrogens is 262 g/mol. The van der Waals surface area contributed by atoms with Crippen LogP contribution in [0.2, 0.25) is 0 Å². The van der Waals surface area contributed by atoms with Gasteiger partial charge in [-0.25, -0.2) is 0 Å². The molecule has 0 aliphatic rings. The second-order valence-corrected chi connectivity index (χ2v) is 4.98. The predicted octanol–water partition coefficient (Wildman–Crippen LogP) is 3.75. The average molecular weight is 277 g/mol. The van der Waals surface area contributed by atoms with E-state index in [0.717, 1.165) is 22.3 Å². The summed E-state index contributed by atoms with van der Waals surface area (Å²) in [6.45, 7) is 0. The first-order valence-electron chi connectivity index (χ1n) is 6.72. The van der Waals surface area contributed by atoms with Crippen molar-refractivity contribution in [3.05, 3.63) is 78.1 Å². The molecule has 3 rings (SSSR count). The van der Waals surface area contributed by atoms with Gasteiger partial charge < -0.3 is 10.2 Å². The molecule has 0 radical (unpaired) electrons. The van der Waals surface area contributed by atoms with Crippen molar-refractivity contribution in [2.45, 2.75) is 6.42 Å². The molecule has 3 heteroatoms. The van der Waals surface area contributed by atoms with Gasteiger partial charge in [-0.3, -0.25) is 4.98 Å². The van der Waals surface area contributed by atoms with Gasteiger partial charge in [0.25, 0.3) is 0 Å². The van der Waals surface area contributed by atoms with Crippen molar-refractivity contribution in [2.24, 2.45) is 0 Å². The van der Waals surface area contributed by atoms with Gasteiger partial charge in [-0.05, 0) is 53.4 Å². The van der Waals surface area contributed by atoms with E-state index in [0.29, 0.717) is 6.42 Å². The molecule has 3 aromatic rings. The molecule has 2 N–H and O–H groups in total. The lowest BCUT2D eigenvalue weighted by molar-refractivity contribution is 0.474. The second kappa shape index (κ2) is 5.67. The standard InChI is InChI=1S/C18H15NO2/c20-17-6-4-15(5-7-17)16-9-14(11-19-12-16)8-13-2-1-3-18(21)10-13/h1-7,9-12,20-21H,8H2. The van der Waals surface area contributed by atoms with Crippen molar-refractivity contribution in [2.75, 3.05) is 0 Å². The summed E-state index contributed by atoms with van der Waals surface area (Å²) in [4.78, 5) is 4.28. The number of pyridine rings is 1. The first-order chi connectivity index (χ1) is 10.2. The number of rotatable bonds is 3. The average Bonchev–Trinajstić information content (AvgIpc) is 2.48. The molecule has 0 fully saturated rings. The minimum absolute atomic E-state index is 0.252. The highest BCUT2D eigenvalue weighted by molar-refractivity contribution is 5.63. The Morgan fingerprint density at radius 1 is 0.714 bits per heavy atom. The van der Waals surface area contributed by atoms with Crippen LogP contribution in [-0.2, 0) is 6.42 Å². The molecule has 0 aliphatic heterocycles. The van der Waals surface area contributed by atoms with Gasteiger partial charge in [0.15, 0.2) is 0 Å². The van der Waals surface area contributed by atoms with Crippen LogP contribution in [0.1, 0.15) is 11.1 Å². The summed E-state index contributed by atoms with van der Waals surface area (Å²) in [7, 11) is 0. The summed E-state index contributed by atoms with van der Waals surface area (Å²) in [5.74, 6) is 0.526. The van der Waals surface area contributed by atoms with Crippen molar-refractivity contribution in [3.63, 3.8) is 0 Å². The third-order valence-corrected chi connectivity index (χ3v) is 3.31. The van der Waals surface area contributed by atoms with Crippen LogP contribution in [0, 0.1) is 0 Å².